The van der Waals surface area contributed by atoms with Crippen LogP contribution < -0.4 is 0 Å². The summed E-state index contributed by atoms with van der Waals surface area (Å²) in [4.78, 5) is 10.2. The van der Waals surface area contributed by atoms with Gasteiger partial charge in [-0.2, -0.15) is 0 Å². The molecule has 0 saturated carbocycles. The van der Waals surface area contributed by atoms with E-state index in [1.165, 1.54) is 157 Å². The topological polar surface area (TPSA) is 24.7 Å². The Morgan fingerprint density at radius 2 is 0.894 bits per heavy atom. The molecule has 2 rings (SSSR count). The summed E-state index contributed by atoms with van der Waals surface area (Å²) in [6.07, 6.45) is 37.0. The molecule has 2 aromatic rings. The molecule has 47 heavy (non-hydrogen) atoms. The Bertz CT molecular complexity index is 1150. The number of aliphatic imine (C=N–C) groups is 2. The number of allylic oxidation sites excluding steroid dienone is 2. The van der Waals surface area contributed by atoms with Gasteiger partial charge in [0, 0.05) is 0 Å². The Balaban J connectivity index is 2.31. The molecule has 0 amide bonds. The van der Waals surface area contributed by atoms with Gasteiger partial charge in [0.2, 0.25) is 0 Å². The molecule has 0 aliphatic carbocycles. The van der Waals surface area contributed by atoms with Gasteiger partial charge in [-0.3, -0.25) is 4.99 Å². The number of nitrogens with zero attached hydrogens (tertiary/aromatic N) is 2. The summed E-state index contributed by atoms with van der Waals surface area (Å²) < 4.78 is 0. The van der Waals surface area contributed by atoms with Crippen molar-refractivity contribution in [2.75, 3.05) is 0 Å². The van der Waals surface area contributed by atoms with Crippen LogP contribution in [0.5, 0.6) is 0 Å². The average molecular weight is 641 g/mol. The van der Waals surface area contributed by atoms with Crippen molar-refractivity contribution in [1.29, 1.82) is 0 Å². The van der Waals surface area contributed by atoms with E-state index in [-0.39, 0.29) is 0 Å². The summed E-state index contributed by atoms with van der Waals surface area (Å²) in [7, 11) is 0. The number of hydrogen-bond donors (Lipinski definition) is 0. The van der Waals surface area contributed by atoms with Gasteiger partial charge in [0.15, 0.2) is 0 Å². The molecule has 0 aromatic heterocycles. The van der Waals surface area contributed by atoms with Gasteiger partial charge in [-0.15, -0.1) is 0 Å². The maximum absolute atomic E-state index is 5.20. The van der Waals surface area contributed by atoms with E-state index in [2.05, 4.69) is 83.2 Å². The van der Waals surface area contributed by atoms with Crippen molar-refractivity contribution in [3.8, 4) is 0 Å². The first-order valence-electron chi connectivity index (χ1n) is 20.2. The molecule has 0 unspecified atom stereocenters. The van der Waals surface area contributed by atoms with Crippen LogP contribution in [-0.2, 0) is 25.7 Å². The molecule has 262 valence electrons. The zero-order valence-electron chi connectivity index (χ0n) is 31.6. The summed E-state index contributed by atoms with van der Waals surface area (Å²) in [5.41, 5.74) is 9.09. The summed E-state index contributed by atoms with van der Waals surface area (Å²) in [5.74, 6) is 0. The molecule has 0 N–H and O–H groups in total. The second-order valence-corrected chi connectivity index (χ2v) is 13.8. The minimum atomic E-state index is 0.950. The lowest BCUT2D eigenvalue weighted by atomic mass is 9.96. The zero-order chi connectivity index (χ0) is 33.8. The summed E-state index contributed by atoms with van der Waals surface area (Å²) in [6, 6.07) is 13.9. The fourth-order valence-corrected chi connectivity index (χ4v) is 6.41. The number of rotatable bonds is 28. The molecule has 2 nitrogen and oxygen atoms in total. The predicted octanol–water partition coefficient (Wildman–Crippen LogP) is 14.8. The summed E-state index contributed by atoms with van der Waals surface area (Å²) >= 11 is 0. The number of aryl methyl sites for hydroxylation is 4. The van der Waals surface area contributed by atoms with Gasteiger partial charge in [-0.05, 0) is 117 Å². The van der Waals surface area contributed by atoms with Crippen LogP contribution >= 0.6 is 0 Å². The SMILES string of the molecule is CCCCCCCCC/C=C/C(C=Nc1ccc(CCCCC)c(CCCCC)c1)=Nc1ccc(CCCCC)c(CCCCC)c1. The van der Waals surface area contributed by atoms with Gasteiger partial charge in [-0.25, -0.2) is 4.99 Å². The molecular weight excluding hydrogens is 569 g/mol. The van der Waals surface area contributed by atoms with Crippen LogP contribution in [0.2, 0.25) is 0 Å². The van der Waals surface area contributed by atoms with Gasteiger partial charge < -0.3 is 0 Å². The molecule has 0 heterocycles. The van der Waals surface area contributed by atoms with E-state index >= 15 is 0 Å². The van der Waals surface area contributed by atoms with Crippen LogP contribution in [0.25, 0.3) is 0 Å². The van der Waals surface area contributed by atoms with Crippen LogP contribution in [0.4, 0.5) is 11.4 Å². The van der Waals surface area contributed by atoms with Crippen molar-refractivity contribution in [2.45, 2.75) is 189 Å². The van der Waals surface area contributed by atoms with Gasteiger partial charge >= 0.3 is 0 Å². The molecule has 0 saturated heterocycles. The molecule has 0 spiro atoms. The molecule has 2 heteroatoms. The van der Waals surface area contributed by atoms with E-state index in [0.29, 0.717) is 0 Å². The van der Waals surface area contributed by atoms with Crippen LogP contribution in [-0.4, -0.2) is 11.9 Å². The second kappa shape index (κ2) is 27.5. The summed E-state index contributed by atoms with van der Waals surface area (Å²) in [5, 5.41) is 0. The molecule has 0 aliphatic rings. The van der Waals surface area contributed by atoms with E-state index in [1.807, 2.05) is 6.21 Å². The predicted molar refractivity (Wildman–Crippen MR) is 213 cm³/mol. The smallest absolute Gasteiger partial charge is 0.0816 e. The van der Waals surface area contributed by atoms with Gasteiger partial charge in [0.05, 0.1) is 23.3 Å². The number of benzene rings is 2. The second-order valence-electron chi connectivity index (χ2n) is 13.8. The third kappa shape index (κ3) is 18.6. The Labute approximate surface area is 292 Å². The highest BCUT2D eigenvalue weighted by atomic mass is 14.8. The van der Waals surface area contributed by atoms with Crippen LogP contribution in [0.3, 0.4) is 0 Å². The maximum atomic E-state index is 5.20. The highest BCUT2D eigenvalue weighted by Crippen LogP contribution is 2.25. The standard InChI is InChI=1S/C45H72N2/c1-6-11-16-17-18-19-20-21-26-31-45(47-44-35-33-40(28-23-13-8-3)42(37-44)30-25-15-10-5)38-46-43-34-32-39(27-22-12-7-2)41(36-43)29-24-14-9-4/h26,31-38H,6-25,27-30H2,1-5H3/b31-26+,46-38?,47-45?. The monoisotopic (exact) mass is 641 g/mol. The maximum Gasteiger partial charge on any atom is 0.0816 e. The third-order valence-corrected chi connectivity index (χ3v) is 9.45. The first kappa shape index (κ1) is 40.7. The minimum Gasteiger partial charge on any atom is -0.255 e. The Kier molecular flexibility index (Phi) is 23.8. The van der Waals surface area contributed by atoms with Crippen molar-refractivity contribution < 1.29 is 0 Å². The van der Waals surface area contributed by atoms with Crippen LogP contribution in [0, 0.1) is 0 Å². The minimum absolute atomic E-state index is 0.950. The average Bonchev–Trinajstić information content (AvgIpc) is 3.08. The lowest BCUT2D eigenvalue weighted by molar-refractivity contribution is 0.592. The van der Waals surface area contributed by atoms with E-state index in [9.17, 15) is 0 Å². The normalized spacial score (nSPS) is 12.2. The Morgan fingerprint density at radius 3 is 1.43 bits per heavy atom. The zero-order valence-corrected chi connectivity index (χ0v) is 31.6. The Hall–Kier alpha value is -2.48. The number of unbranched alkanes of at least 4 members (excludes halogenated alkanes) is 15. The molecular formula is C45H72N2. The fraction of sp³-hybridized carbons (Fsp3) is 0.644. The highest BCUT2D eigenvalue weighted by molar-refractivity contribution is 6.36. The van der Waals surface area contributed by atoms with Crippen LogP contribution in [0.1, 0.15) is 185 Å². The van der Waals surface area contributed by atoms with Crippen molar-refractivity contribution in [1.82, 2.24) is 0 Å². The number of hydrogen-bond acceptors (Lipinski definition) is 2. The van der Waals surface area contributed by atoms with E-state index in [1.54, 1.807) is 0 Å². The highest BCUT2D eigenvalue weighted by Gasteiger charge is 2.07. The van der Waals surface area contributed by atoms with Crippen molar-refractivity contribution >= 4 is 23.3 Å². The summed E-state index contributed by atoms with van der Waals surface area (Å²) in [6.45, 7) is 11.5. The van der Waals surface area contributed by atoms with E-state index in [4.69, 9.17) is 9.98 Å². The van der Waals surface area contributed by atoms with Gasteiger partial charge in [0.1, 0.15) is 0 Å². The van der Waals surface area contributed by atoms with E-state index in [0.717, 1.165) is 36.3 Å². The molecule has 0 bridgehead atoms. The van der Waals surface area contributed by atoms with Crippen LogP contribution in [0.15, 0.2) is 58.5 Å². The van der Waals surface area contributed by atoms with Gasteiger partial charge in [0.25, 0.3) is 0 Å². The van der Waals surface area contributed by atoms with E-state index < -0.39 is 0 Å². The molecule has 0 fully saturated rings. The lowest BCUT2D eigenvalue weighted by Gasteiger charge is -2.11. The molecule has 0 atom stereocenters. The molecule has 0 radical (unpaired) electrons. The van der Waals surface area contributed by atoms with Crippen molar-refractivity contribution in [2.24, 2.45) is 9.98 Å². The van der Waals surface area contributed by atoms with Gasteiger partial charge in [-0.1, -0.05) is 143 Å². The first-order chi connectivity index (χ1) is 23.1. The lowest BCUT2D eigenvalue weighted by Crippen LogP contribution is -1.98. The van der Waals surface area contributed by atoms with Crippen molar-refractivity contribution in [3.63, 3.8) is 0 Å². The molecule has 0 aliphatic heterocycles. The Morgan fingerprint density at radius 1 is 0.468 bits per heavy atom. The quantitative estimate of drug-likeness (QED) is 0.0653. The van der Waals surface area contributed by atoms with Crippen molar-refractivity contribution in [3.05, 3.63) is 70.8 Å². The third-order valence-electron chi connectivity index (χ3n) is 9.45. The molecule has 2 aromatic carbocycles. The first-order valence-corrected chi connectivity index (χ1v) is 20.2. The largest absolute Gasteiger partial charge is 0.255 e. The fourth-order valence-electron chi connectivity index (χ4n) is 6.41.